The summed E-state index contributed by atoms with van der Waals surface area (Å²) in [6.07, 6.45) is 1.39. The van der Waals surface area contributed by atoms with Crippen molar-refractivity contribution in [2.75, 3.05) is 11.1 Å². The molecule has 0 amide bonds. The molecule has 78 valence electrons. The van der Waals surface area contributed by atoms with Crippen molar-refractivity contribution in [2.24, 2.45) is 0 Å². The van der Waals surface area contributed by atoms with E-state index >= 15 is 0 Å². The van der Waals surface area contributed by atoms with Gasteiger partial charge < -0.3 is 11.1 Å². The number of nitrogens with two attached hydrogens (primary N) is 1. The van der Waals surface area contributed by atoms with E-state index in [-0.39, 0.29) is 0 Å². The fourth-order valence-corrected chi connectivity index (χ4v) is 1.90. The number of nitrogens with one attached hydrogen (secondary N) is 1. The summed E-state index contributed by atoms with van der Waals surface area (Å²) in [6.45, 7) is 0.688. The lowest BCUT2D eigenvalue weighted by Crippen LogP contribution is -2.03. The smallest absolute Gasteiger partial charge is 0.150 e. The van der Waals surface area contributed by atoms with E-state index in [2.05, 4.69) is 15.3 Å². The lowest BCUT2D eigenvalue weighted by Gasteiger charge is -2.06. The summed E-state index contributed by atoms with van der Waals surface area (Å²) in [7, 11) is 0. The number of nitrogen functional groups attached to an aromatic ring is 1. The number of halogens is 1. The first-order chi connectivity index (χ1) is 7.27. The molecule has 0 radical (unpaired) electrons. The molecule has 0 fully saturated rings. The molecule has 2 heterocycles. The second-order valence-electron chi connectivity index (χ2n) is 2.85. The third-order valence-electron chi connectivity index (χ3n) is 1.83. The van der Waals surface area contributed by atoms with Gasteiger partial charge >= 0.3 is 0 Å². The highest BCUT2D eigenvalue weighted by molar-refractivity contribution is 7.09. The van der Waals surface area contributed by atoms with Crippen LogP contribution in [-0.4, -0.2) is 9.97 Å². The van der Waals surface area contributed by atoms with Crippen LogP contribution in [0.3, 0.4) is 0 Å². The summed E-state index contributed by atoms with van der Waals surface area (Å²) in [6, 6.07) is 4.04. The minimum Gasteiger partial charge on any atom is -0.382 e. The minimum absolute atomic E-state index is 0.292. The molecule has 2 aromatic heterocycles. The number of thiophene rings is 1. The molecule has 0 bridgehead atoms. The summed E-state index contributed by atoms with van der Waals surface area (Å²) in [4.78, 5) is 9.00. The normalized spacial score (nSPS) is 10.2. The van der Waals surface area contributed by atoms with Crippen molar-refractivity contribution in [2.45, 2.75) is 6.54 Å². The predicted molar refractivity (Wildman–Crippen MR) is 63.1 cm³/mol. The molecule has 0 aliphatic heterocycles. The SMILES string of the molecule is Nc1ncnc(NCc2cccs2)c1Cl. The highest BCUT2D eigenvalue weighted by Crippen LogP contribution is 2.23. The molecule has 2 aromatic rings. The van der Waals surface area contributed by atoms with Gasteiger partial charge in [-0.05, 0) is 11.4 Å². The van der Waals surface area contributed by atoms with Gasteiger partial charge in [0.15, 0.2) is 5.82 Å². The van der Waals surface area contributed by atoms with Crippen LogP contribution in [0.25, 0.3) is 0 Å². The number of rotatable bonds is 3. The van der Waals surface area contributed by atoms with Gasteiger partial charge in [-0.2, -0.15) is 0 Å². The van der Waals surface area contributed by atoms with E-state index in [9.17, 15) is 0 Å². The number of anilines is 2. The van der Waals surface area contributed by atoms with Gasteiger partial charge in [0.05, 0.1) is 6.54 Å². The van der Waals surface area contributed by atoms with Crippen molar-refractivity contribution in [3.63, 3.8) is 0 Å². The maximum Gasteiger partial charge on any atom is 0.150 e. The molecule has 0 aliphatic rings. The molecular formula is C9H9ClN4S. The van der Waals surface area contributed by atoms with Crippen LogP contribution in [0, 0.1) is 0 Å². The largest absolute Gasteiger partial charge is 0.382 e. The Labute approximate surface area is 96.1 Å². The molecule has 0 atom stereocenters. The third-order valence-corrected chi connectivity index (χ3v) is 3.08. The quantitative estimate of drug-likeness (QED) is 0.865. The van der Waals surface area contributed by atoms with E-state index in [4.69, 9.17) is 17.3 Å². The molecule has 0 aromatic carbocycles. The van der Waals surface area contributed by atoms with Gasteiger partial charge in [-0.3, -0.25) is 0 Å². The molecule has 0 unspecified atom stereocenters. The molecule has 0 saturated carbocycles. The first-order valence-corrected chi connectivity index (χ1v) is 5.55. The molecule has 15 heavy (non-hydrogen) atoms. The van der Waals surface area contributed by atoms with Crippen LogP contribution >= 0.6 is 22.9 Å². The lowest BCUT2D eigenvalue weighted by atomic mass is 10.4. The van der Waals surface area contributed by atoms with Crippen molar-refractivity contribution in [1.82, 2.24) is 9.97 Å². The molecule has 0 aliphatic carbocycles. The Balaban J connectivity index is 2.08. The topological polar surface area (TPSA) is 63.8 Å². The number of aromatic nitrogens is 2. The molecule has 2 rings (SSSR count). The average molecular weight is 241 g/mol. The van der Waals surface area contributed by atoms with Crippen LogP contribution < -0.4 is 11.1 Å². The highest BCUT2D eigenvalue weighted by atomic mass is 35.5. The van der Waals surface area contributed by atoms with Crippen molar-refractivity contribution in [3.05, 3.63) is 33.7 Å². The molecule has 0 saturated heterocycles. The van der Waals surface area contributed by atoms with Gasteiger partial charge in [0.25, 0.3) is 0 Å². The maximum atomic E-state index is 5.92. The zero-order valence-electron chi connectivity index (χ0n) is 7.77. The number of nitrogens with zero attached hydrogens (tertiary/aromatic N) is 2. The molecule has 3 N–H and O–H groups in total. The van der Waals surface area contributed by atoms with Gasteiger partial charge in [0.2, 0.25) is 0 Å². The molecule has 6 heteroatoms. The predicted octanol–water partition coefficient (Wildman–Crippen LogP) is 2.39. The molecule has 4 nitrogen and oxygen atoms in total. The van der Waals surface area contributed by atoms with Crippen LogP contribution in [0.4, 0.5) is 11.6 Å². The molecule has 0 spiro atoms. The van der Waals surface area contributed by atoms with Crippen LogP contribution in [0.1, 0.15) is 4.88 Å². The Bertz CT molecular complexity index is 443. The Morgan fingerprint density at radius 1 is 1.47 bits per heavy atom. The summed E-state index contributed by atoms with van der Waals surface area (Å²) in [5, 5.41) is 5.49. The van der Waals surface area contributed by atoms with E-state index < -0.39 is 0 Å². The van der Waals surface area contributed by atoms with Gasteiger partial charge in [0.1, 0.15) is 17.2 Å². The van der Waals surface area contributed by atoms with Crippen LogP contribution in [0.15, 0.2) is 23.8 Å². The second kappa shape index (κ2) is 4.46. The fourth-order valence-electron chi connectivity index (χ4n) is 1.09. The van der Waals surface area contributed by atoms with Crippen LogP contribution in [0.5, 0.6) is 0 Å². The standard InChI is InChI=1S/C9H9ClN4S/c10-7-8(11)13-5-14-9(7)12-4-6-2-1-3-15-6/h1-3,5H,4H2,(H3,11,12,13,14). The van der Waals surface area contributed by atoms with Gasteiger partial charge in [0, 0.05) is 4.88 Å². The summed E-state index contributed by atoms with van der Waals surface area (Å²) < 4.78 is 0. The first kappa shape index (κ1) is 10.2. The van der Waals surface area contributed by atoms with Crippen molar-refractivity contribution in [3.8, 4) is 0 Å². The van der Waals surface area contributed by atoms with Crippen LogP contribution in [0.2, 0.25) is 5.02 Å². The number of hydrogen-bond donors (Lipinski definition) is 2. The van der Waals surface area contributed by atoms with E-state index in [1.807, 2.05) is 17.5 Å². The fraction of sp³-hybridized carbons (Fsp3) is 0.111. The first-order valence-electron chi connectivity index (χ1n) is 4.29. The van der Waals surface area contributed by atoms with Gasteiger partial charge in [-0.25, -0.2) is 9.97 Å². The Morgan fingerprint density at radius 2 is 2.33 bits per heavy atom. The summed E-state index contributed by atoms with van der Waals surface area (Å²) >= 11 is 7.60. The van der Waals surface area contributed by atoms with E-state index in [1.165, 1.54) is 11.2 Å². The Hall–Kier alpha value is -1.33. The average Bonchev–Trinajstić information content (AvgIpc) is 2.73. The Morgan fingerprint density at radius 3 is 3.07 bits per heavy atom. The highest BCUT2D eigenvalue weighted by Gasteiger charge is 2.05. The maximum absolute atomic E-state index is 5.92. The lowest BCUT2D eigenvalue weighted by molar-refractivity contribution is 1.10. The van der Waals surface area contributed by atoms with E-state index in [1.54, 1.807) is 11.3 Å². The summed E-state index contributed by atoms with van der Waals surface area (Å²) in [5.74, 6) is 0.859. The zero-order chi connectivity index (χ0) is 10.7. The zero-order valence-corrected chi connectivity index (χ0v) is 9.35. The number of hydrogen-bond acceptors (Lipinski definition) is 5. The van der Waals surface area contributed by atoms with Gasteiger partial charge in [-0.1, -0.05) is 17.7 Å². The summed E-state index contributed by atoms with van der Waals surface area (Å²) in [5.41, 5.74) is 5.55. The van der Waals surface area contributed by atoms with Crippen LogP contribution in [-0.2, 0) is 6.54 Å². The van der Waals surface area contributed by atoms with E-state index in [0.717, 1.165) is 0 Å². The van der Waals surface area contributed by atoms with Crippen molar-refractivity contribution >= 4 is 34.6 Å². The van der Waals surface area contributed by atoms with Crippen molar-refractivity contribution in [1.29, 1.82) is 0 Å². The second-order valence-corrected chi connectivity index (χ2v) is 4.26. The van der Waals surface area contributed by atoms with E-state index in [0.29, 0.717) is 23.2 Å². The molecular weight excluding hydrogens is 232 g/mol. The minimum atomic E-state index is 0.292. The Kier molecular flexibility index (Phi) is 3.03. The van der Waals surface area contributed by atoms with Crippen molar-refractivity contribution < 1.29 is 0 Å². The third kappa shape index (κ3) is 2.37. The monoisotopic (exact) mass is 240 g/mol. The van der Waals surface area contributed by atoms with Gasteiger partial charge in [-0.15, -0.1) is 11.3 Å².